The fourth-order valence-electron chi connectivity index (χ4n) is 4.01. The minimum Gasteiger partial charge on any atom is -0.444 e. The number of aromatic nitrogens is 2. The number of amides is 3. The van der Waals surface area contributed by atoms with E-state index in [4.69, 9.17) is 9.57 Å². The molecule has 1 unspecified atom stereocenters. The zero-order valence-electron chi connectivity index (χ0n) is 19.5. The van der Waals surface area contributed by atoms with E-state index in [1.165, 1.54) is 16.8 Å². The van der Waals surface area contributed by atoms with Crippen LogP contribution in [0.4, 0.5) is 4.79 Å². The second-order valence-corrected chi connectivity index (χ2v) is 9.37. The van der Waals surface area contributed by atoms with Gasteiger partial charge >= 0.3 is 12.1 Å². The van der Waals surface area contributed by atoms with Crippen molar-refractivity contribution in [2.75, 3.05) is 13.1 Å². The number of imide groups is 1. The molecule has 0 radical (unpaired) electrons. The highest BCUT2D eigenvalue weighted by molar-refractivity contribution is 6.21. The van der Waals surface area contributed by atoms with Gasteiger partial charge in [-0.2, -0.15) is 5.10 Å². The average Bonchev–Trinajstić information content (AvgIpc) is 3.40. The van der Waals surface area contributed by atoms with E-state index >= 15 is 0 Å². The molecule has 3 heterocycles. The number of ether oxygens (including phenoxy) is 1. The second kappa shape index (κ2) is 8.90. The molecule has 1 atom stereocenters. The average molecular weight is 469 g/mol. The third-order valence-corrected chi connectivity index (χ3v) is 5.42. The van der Waals surface area contributed by atoms with Crippen molar-refractivity contribution in [2.24, 2.45) is 7.05 Å². The number of carbonyl (C=O) groups excluding carboxylic acids is 4. The molecular formula is C23H27N5O6. The molecular weight excluding hydrogens is 442 g/mol. The van der Waals surface area contributed by atoms with Crippen LogP contribution in [-0.4, -0.2) is 68.4 Å². The number of likely N-dealkylation sites (tertiary alicyclic amines) is 1. The van der Waals surface area contributed by atoms with Gasteiger partial charge in [-0.25, -0.2) is 9.59 Å². The van der Waals surface area contributed by atoms with Crippen LogP contribution in [0, 0.1) is 0 Å². The van der Waals surface area contributed by atoms with Crippen molar-refractivity contribution in [1.29, 1.82) is 0 Å². The van der Waals surface area contributed by atoms with Crippen LogP contribution in [-0.2, 0) is 23.2 Å². The molecule has 1 saturated heterocycles. The molecule has 2 aliphatic heterocycles. The van der Waals surface area contributed by atoms with Crippen LogP contribution in [0.5, 0.6) is 0 Å². The molecule has 180 valence electrons. The van der Waals surface area contributed by atoms with E-state index in [1.54, 1.807) is 46.1 Å². The molecule has 0 aliphatic carbocycles. The van der Waals surface area contributed by atoms with Crippen LogP contribution in [0.2, 0.25) is 0 Å². The Morgan fingerprint density at radius 2 is 1.79 bits per heavy atom. The van der Waals surface area contributed by atoms with Gasteiger partial charge in [-0.05, 0) is 39.3 Å². The molecule has 3 amide bonds. The van der Waals surface area contributed by atoms with Crippen molar-refractivity contribution in [3.05, 3.63) is 52.8 Å². The molecule has 1 fully saturated rings. The van der Waals surface area contributed by atoms with Gasteiger partial charge < -0.3 is 14.9 Å². The van der Waals surface area contributed by atoms with Crippen LogP contribution in [0.3, 0.4) is 0 Å². The first-order valence-corrected chi connectivity index (χ1v) is 11.0. The fourth-order valence-corrected chi connectivity index (χ4v) is 4.01. The SMILES string of the molecule is Cn1cc(CN2CCC(NC(=O)OC(C)(C)C)C2)c(C(=O)ON2C(=O)c3ccccc3C2=O)n1. The first-order chi connectivity index (χ1) is 16.0. The zero-order valence-corrected chi connectivity index (χ0v) is 19.5. The van der Waals surface area contributed by atoms with Crippen molar-refractivity contribution in [3.8, 4) is 0 Å². The molecule has 2 aliphatic rings. The summed E-state index contributed by atoms with van der Waals surface area (Å²) in [5.74, 6) is -2.28. The summed E-state index contributed by atoms with van der Waals surface area (Å²) in [7, 11) is 1.67. The number of alkyl carbamates (subject to hydrolysis) is 1. The summed E-state index contributed by atoms with van der Waals surface area (Å²) in [6.07, 6.45) is 1.95. The zero-order chi connectivity index (χ0) is 24.6. The van der Waals surface area contributed by atoms with Crippen molar-refractivity contribution in [1.82, 2.24) is 25.1 Å². The lowest BCUT2D eigenvalue weighted by atomic mass is 10.1. The maximum atomic E-state index is 12.9. The van der Waals surface area contributed by atoms with Gasteiger partial charge in [0.15, 0.2) is 5.69 Å². The number of nitrogens with one attached hydrogen (secondary N) is 1. The van der Waals surface area contributed by atoms with Crippen molar-refractivity contribution in [2.45, 2.75) is 45.4 Å². The fraction of sp³-hybridized carbons (Fsp3) is 0.435. The van der Waals surface area contributed by atoms with E-state index in [-0.39, 0.29) is 22.9 Å². The molecule has 34 heavy (non-hydrogen) atoms. The first-order valence-electron chi connectivity index (χ1n) is 11.0. The van der Waals surface area contributed by atoms with Gasteiger partial charge in [0.1, 0.15) is 5.60 Å². The molecule has 1 aromatic heterocycles. The smallest absolute Gasteiger partial charge is 0.407 e. The summed E-state index contributed by atoms with van der Waals surface area (Å²) in [4.78, 5) is 57.1. The number of aryl methyl sites for hydroxylation is 1. The molecule has 11 heteroatoms. The van der Waals surface area contributed by atoms with Gasteiger partial charge in [0.05, 0.1) is 11.1 Å². The summed E-state index contributed by atoms with van der Waals surface area (Å²) >= 11 is 0. The van der Waals surface area contributed by atoms with Crippen LogP contribution in [0.25, 0.3) is 0 Å². The number of fused-ring (bicyclic) bond motifs is 1. The summed E-state index contributed by atoms with van der Waals surface area (Å²) in [5, 5.41) is 7.52. The number of hydrogen-bond donors (Lipinski definition) is 1. The van der Waals surface area contributed by atoms with E-state index in [2.05, 4.69) is 15.3 Å². The Morgan fingerprint density at radius 1 is 1.15 bits per heavy atom. The largest absolute Gasteiger partial charge is 0.444 e. The summed E-state index contributed by atoms with van der Waals surface area (Å²) in [6, 6.07) is 6.19. The lowest BCUT2D eigenvalue weighted by molar-refractivity contribution is -0.0590. The standard InChI is InChI=1S/C23H27N5O6/c1-23(2,3)33-22(32)24-15-9-10-27(13-15)12-14-11-26(4)25-18(14)21(31)34-28-19(29)16-7-5-6-8-17(16)20(28)30/h5-8,11,15H,9-10,12-13H2,1-4H3,(H,24,32). The Hall–Kier alpha value is -3.73. The van der Waals surface area contributed by atoms with Crippen molar-refractivity contribution < 1.29 is 28.8 Å². The molecule has 11 nitrogen and oxygen atoms in total. The molecule has 2 aromatic rings. The topological polar surface area (TPSA) is 123 Å². The Morgan fingerprint density at radius 3 is 2.41 bits per heavy atom. The summed E-state index contributed by atoms with van der Waals surface area (Å²) in [6.45, 7) is 7.06. The van der Waals surface area contributed by atoms with Crippen LogP contribution >= 0.6 is 0 Å². The number of carbonyl (C=O) groups is 4. The Balaban J connectivity index is 1.39. The highest BCUT2D eigenvalue weighted by atomic mass is 16.7. The minimum atomic E-state index is -0.896. The van der Waals surface area contributed by atoms with Gasteiger partial charge in [0, 0.05) is 44.5 Å². The highest BCUT2D eigenvalue weighted by Gasteiger charge is 2.39. The maximum Gasteiger partial charge on any atom is 0.407 e. The Bertz CT molecular complexity index is 1120. The van der Waals surface area contributed by atoms with Gasteiger partial charge in [-0.1, -0.05) is 17.2 Å². The quantitative estimate of drug-likeness (QED) is 0.659. The van der Waals surface area contributed by atoms with Crippen molar-refractivity contribution in [3.63, 3.8) is 0 Å². The molecule has 1 aromatic carbocycles. The predicted molar refractivity (Wildman–Crippen MR) is 119 cm³/mol. The number of hydrogen-bond acceptors (Lipinski definition) is 8. The molecule has 0 spiro atoms. The van der Waals surface area contributed by atoms with Gasteiger partial charge in [0.25, 0.3) is 11.8 Å². The van der Waals surface area contributed by atoms with Gasteiger partial charge in [0.2, 0.25) is 0 Å². The van der Waals surface area contributed by atoms with E-state index in [1.807, 2.05) is 0 Å². The predicted octanol–water partition coefficient (Wildman–Crippen LogP) is 1.89. The Labute approximate surface area is 196 Å². The number of nitrogens with zero attached hydrogens (tertiary/aromatic N) is 4. The Kier molecular flexibility index (Phi) is 6.13. The lowest BCUT2D eigenvalue weighted by Gasteiger charge is -2.22. The van der Waals surface area contributed by atoms with E-state index < -0.39 is 29.5 Å². The van der Waals surface area contributed by atoms with Gasteiger partial charge in [-0.15, -0.1) is 0 Å². The van der Waals surface area contributed by atoms with Crippen LogP contribution in [0.1, 0.15) is 64.0 Å². The van der Waals surface area contributed by atoms with Crippen LogP contribution in [0.15, 0.2) is 30.5 Å². The third-order valence-electron chi connectivity index (χ3n) is 5.42. The van der Waals surface area contributed by atoms with E-state index in [9.17, 15) is 19.2 Å². The molecule has 0 bridgehead atoms. The summed E-state index contributed by atoms with van der Waals surface area (Å²) in [5.41, 5.74) is 0.390. The maximum absolute atomic E-state index is 12.9. The third kappa shape index (κ3) is 4.93. The normalized spacial score (nSPS) is 18.2. The number of rotatable bonds is 5. The first kappa shape index (κ1) is 23.4. The summed E-state index contributed by atoms with van der Waals surface area (Å²) < 4.78 is 6.78. The van der Waals surface area contributed by atoms with Crippen molar-refractivity contribution >= 4 is 23.9 Å². The van der Waals surface area contributed by atoms with Crippen LogP contribution < -0.4 is 5.32 Å². The molecule has 4 rings (SSSR count). The second-order valence-electron chi connectivity index (χ2n) is 9.37. The number of hydroxylamine groups is 2. The lowest BCUT2D eigenvalue weighted by Crippen LogP contribution is -2.40. The number of benzene rings is 1. The highest BCUT2D eigenvalue weighted by Crippen LogP contribution is 2.24. The van der Waals surface area contributed by atoms with E-state index in [0.717, 1.165) is 6.42 Å². The van der Waals surface area contributed by atoms with Gasteiger partial charge in [-0.3, -0.25) is 19.2 Å². The monoisotopic (exact) mass is 469 g/mol. The molecule has 0 saturated carbocycles. The minimum absolute atomic E-state index is 0.0163. The van der Waals surface area contributed by atoms with E-state index in [0.29, 0.717) is 30.3 Å². The molecule has 1 N–H and O–H groups in total.